The van der Waals surface area contributed by atoms with E-state index in [1.807, 2.05) is 4.90 Å². The van der Waals surface area contributed by atoms with Gasteiger partial charge >= 0.3 is 0 Å². The number of piperazine rings is 1. The van der Waals surface area contributed by atoms with Crippen LogP contribution in [0.15, 0.2) is 24.3 Å². The normalized spacial score (nSPS) is 23.5. The van der Waals surface area contributed by atoms with Gasteiger partial charge in [0, 0.05) is 12.2 Å². The number of benzene rings is 1. The SMILES string of the molecule is Cc1ccc(C[NH+]2CCN(C(=O)[C@H]3CCCO3)CC2)cc1. The smallest absolute Gasteiger partial charge is 0.252 e. The van der Waals surface area contributed by atoms with Crippen molar-refractivity contribution in [3.63, 3.8) is 0 Å². The maximum absolute atomic E-state index is 12.3. The Hall–Kier alpha value is -1.39. The number of carbonyl (C=O) groups excluding carboxylic acids is 1. The number of ether oxygens (including phenoxy) is 1. The van der Waals surface area contributed by atoms with E-state index in [4.69, 9.17) is 4.74 Å². The zero-order chi connectivity index (χ0) is 14.7. The highest BCUT2D eigenvalue weighted by molar-refractivity contribution is 5.81. The second-order valence-electron chi connectivity index (χ2n) is 6.24. The minimum Gasteiger partial charge on any atom is -0.368 e. The van der Waals surface area contributed by atoms with Crippen LogP contribution in [0.2, 0.25) is 0 Å². The number of hydrogen-bond acceptors (Lipinski definition) is 2. The highest BCUT2D eigenvalue weighted by atomic mass is 16.5. The largest absolute Gasteiger partial charge is 0.368 e. The van der Waals surface area contributed by atoms with Crippen molar-refractivity contribution in [1.82, 2.24) is 4.90 Å². The quantitative estimate of drug-likeness (QED) is 0.874. The van der Waals surface area contributed by atoms with Crippen molar-refractivity contribution in [3.8, 4) is 0 Å². The fraction of sp³-hybridized carbons (Fsp3) is 0.588. The molecule has 3 rings (SSSR count). The summed E-state index contributed by atoms with van der Waals surface area (Å²) >= 11 is 0. The molecule has 2 aliphatic rings. The molecule has 2 fully saturated rings. The van der Waals surface area contributed by atoms with Gasteiger partial charge in [-0.3, -0.25) is 4.79 Å². The molecule has 1 N–H and O–H groups in total. The molecule has 2 saturated heterocycles. The lowest BCUT2D eigenvalue weighted by Crippen LogP contribution is -3.13. The van der Waals surface area contributed by atoms with E-state index in [0.717, 1.165) is 52.2 Å². The third kappa shape index (κ3) is 3.63. The third-order valence-corrected chi connectivity index (χ3v) is 4.56. The lowest BCUT2D eigenvalue weighted by Gasteiger charge is -2.33. The van der Waals surface area contributed by atoms with Crippen LogP contribution in [0.3, 0.4) is 0 Å². The van der Waals surface area contributed by atoms with Gasteiger partial charge in [-0.15, -0.1) is 0 Å². The molecule has 0 saturated carbocycles. The molecule has 21 heavy (non-hydrogen) atoms. The van der Waals surface area contributed by atoms with E-state index in [1.54, 1.807) is 4.90 Å². The van der Waals surface area contributed by atoms with Crippen molar-refractivity contribution in [3.05, 3.63) is 35.4 Å². The average molecular weight is 289 g/mol. The van der Waals surface area contributed by atoms with Crippen LogP contribution in [0.5, 0.6) is 0 Å². The molecular formula is C17H25N2O2+. The lowest BCUT2D eigenvalue weighted by molar-refractivity contribution is -0.917. The number of nitrogens with one attached hydrogen (secondary N) is 1. The minimum absolute atomic E-state index is 0.163. The second kappa shape index (κ2) is 6.58. The Balaban J connectivity index is 1.48. The molecular weight excluding hydrogens is 264 g/mol. The lowest BCUT2D eigenvalue weighted by atomic mass is 10.1. The summed E-state index contributed by atoms with van der Waals surface area (Å²) in [6, 6.07) is 8.77. The molecule has 4 nitrogen and oxygen atoms in total. The number of aryl methyl sites for hydroxylation is 1. The molecule has 4 heteroatoms. The Bertz CT molecular complexity index is 472. The Labute approximate surface area is 126 Å². The third-order valence-electron chi connectivity index (χ3n) is 4.56. The Morgan fingerprint density at radius 3 is 2.62 bits per heavy atom. The van der Waals surface area contributed by atoms with Gasteiger partial charge in [0.15, 0.2) is 0 Å². The first-order chi connectivity index (χ1) is 10.2. The molecule has 0 aliphatic carbocycles. The predicted molar refractivity (Wildman–Crippen MR) is 81.1 cm³/mol. The molecule has 1 aromatic rings. The molecule has 1 aromatic carbocycles. The number of amides is 1. The zero-order valence-electron chi connectivity index (χ0n) is 12.8. The minimum atomic E-state index is -0.163. The summed E-state index contributed by atoms with van der Waals surface area (Å²) in [6.45, 7) is 7.71. The summed E-state index contributed by atoms with van der Waals surface area (Å²) in [7, 11) is 0. The van der Waals surface area contributed by atoms with Crippen LogP contribution >= 0.6 is 0 Å². The molecule has 2 heterocycles. The van der Waals surface area contributed by atoms with Crippen molar-refractivity contribution in [2.75, 3.05) is 32.8 Å². The van der Waals surface area contributed by atoms with Gasteiger partial charge in [0.05, 0.1) is 26.2 Å². The maximum atomic E-state index is 12.3. The standard InChI is InChI=1S/C17H24N2O2/c1-14-4-6-15(7-5-14)13-18-8-10-19(11-9-18)17(20)16-3-2-12-21-16/h4-7,16H,2-3,8-13H2,1H3/p+1/t16-/m1/s1. The Kier molecular flexibility index (Phi) is 4.56. The van der Waals surface area contributed by atoms with Crippen molar-refractivity contribution >= 4 is 5.91 Å². The van der Waals surface area contributed by atoms with Gasteiger partial charge in [-0.1, -0.05) is 29.8 Å². The van der Waals surface area contributed by atoms with Crippen molar-refractivity contribution in [2.45, 2.75) is 32.4 Å². The molecule has 114 valence electrons. The van der Waals surface area contributed by atoms with Crippen LogP contribution in [-0.2, 0) is 16.1 Å². The van der Waals surface area contributed by atoms with Crippen LogP contribution in [-0.4, -0.2) is 49.7 Å². The zero-order valence-corrected chi connectivity index (χ0v) is 12.8. The Morgan fingerprint density at radius 1 is 1.29 bits per heavy atom. The van der Waals surface area contributed by atoms with E-state index in [0.29, 0.717) is 0 Å². The van der Waals surface area contributed by atoms with E-state index < -0.39 is 0 Å². The van der Waals surface area contributed by atoms with Gasteiger partial charge in [0.2, 0.25) is 0 Å². The predicted octanol–water partition coefficient (Wildman–Crippen LogP) is 0.401. The molecule has 0 radical (unpaired) electrons. The highest BCUT2D eigenvalue weighted by Crippen LogP contribution is 2.14. The maximum Gasteiger partial charge on any atom is 0.252 e. The summed E-state index contributed by atoms with van der Waals surface area (Å²) in [5, 5.41) is 0. The van der Waals surface area contributed by atoms with Gasteiger partial charge in [0.25, 0.3) is 5.91 Å². The van der Waals surface area contributed by atoms with Crippen LogP contribution in [0.4, 0.5) is 0 Å². The topological polar surface area (TPSA) is 34.0 Å². The first kappa shape index (κ1) is 14.5. The molecule has 0 bridgehead atoms. The van der Waals surface area contributed by atoms with Gasteiger partial charge in [-0.05, 0) is 19.8 Å². The molecule has 2 aliphatic heterocycles. The molecule has 0 unspecified atom stereocenters. The summed E-state index contributed by atoms with van der Waals surface area (Å²) in [5.74, 6) is 0.210. The van der Waals surface area contributed by atoms with E-state index in [2.05, 4.69) is 31.2 Å². The van der Waals surface area contributed by atoms with E-state index in [9.17, 15) is 4.79 Å². The van der Waals surface area contributed by atoms with Crippen molar-refractivity contribution in [2.24, 2.45) is 0 Å². The average Bonchev–Trinajstić information content (AvgIpc) is 3.04. The number of hydrogen-bond donors (Lipinski definition) is 1. The van der Waals surface area contributed by atoms with Crippen LogP contribution in [0.25, 0.3) is 0 Å². The van der Waals surface area contributed by atoms with Gasteiger partial charge in [-0.25, -0.2) is 0 Å². The van der Waals surface area contributed by atoms with Crippen LogP contribution in [0.1, 0.15) is 24.0 Å². The summed E-state index contributed by atoms with van der Waals surface area (Å²) in [4.78, 5) is 15.9. The van der Waals surface area contributed by atoms with Crippen molar-refractivity contribution in [1.29, 1.82) is 0 Å². The molecule has 0 aromatic heterocycles. The number of carbonyl (C=O) groups is 1. The number of rotatable bonds is 3. The van der Waals surface area contributed by atoms with Crippen LogP contribution < -0.4 is 4.90 Å². The monoisotopic (exact) mass is 289 g/mol. The van der Waals surface area contributed by atoms with E-state index in [-0.39, 0.29) is 12.0 Å². The van der Waals surface area contributed by atoms with Crippen molar-refractivity contribution < 1.29 is 14.4 Å². The van der Waals surface area contributed by atoms with Gasteiger partial charge < -0.3 is 14.5 Å². The molecule has 0 spiro atoms. The van der Waals surface area contributed by atoms with Crippen LogP contribution in [0, 0.1) is 6.92 Å². The van der Waals surface area contributed by atoms with E-state index >= 15 is 0 Å². The van der Waals surface area contributed by atoms with Gasteiger partial charge in [0.1, 0.15) is 12.6 Å². The summed E-state index contributed by atoms with van der Waals surface area (Å²) < 4.78 is 5.50. The van der Waals surface area contributed by atoms with Gasteiger partial charge in [-0.2, -0.15) is 0 Å². The first-order valence-corrected chi connectivity index (χ1v) is 8.02. The number of quaternary nitrogens is 1. The van der Waals surface area contributed by atoms with E-state index in [1.165, 1.54) is 11.1 Å². The fourth-order valence-electron chi connectivity index (χ4n) is 3.19. The Morgan fingerprint density at radius 2 is 2.00 bits per heavy atom. The second-order valence-corrected chi connectivity index (χ2v) is 6.24. The molecule has 1 amide bonds. The summed E-state index contributed by atoms with van der Waals surface area (Å²) in [5.41, 5.74) is 2.69. The molecule has 1 atom stereocenters. The fourth-order valence-corrected chi connectivity index (χ4v) is 3.19. The number of nitrogens with zero attached hydrogens (tertiary/aromatic N) is 1. The first-order valence-electron chi connectivity index (χ1n) is 8.02. The highest BCUT2D eigenvalue weighted by Gasteiger charge is 2.31. The summed E-state index contributed by atoms with van der Waals surface area (Å²) in [6.07, 6.45) is 1.76.